The van der Waals surface area contributed by atoms with E-state index in [1.165, 1.54) is 29.5 Å². The quantitative estimate of drug-likeness (QED) is 0.283. The SMILES string of the molecule is C=C/C(C)=C(\C=NCCN1CC(C(=O)C(C)C)=C(/C=C\N=C)C1=O)OCC(F)F. The molecule has 8 heteroatoms. The van der Waals surface area contributed by atoms with Gasteiger partial charge < -0.3 is 9.64 Å². The molecule has 0 saturated heterocycles. The minimum atomic E-state index is -2.60. The van der Waals surface area contributed by atoms with E-state index in [0.717, 1.165) is 0 Å². The van der Waals surface area contributed by atoms with Crippen LogP contribution in [-0.2, 0) is 14.3 Å². The van der Waals surface area contributed by atoms with Gasteiger partial charge in [0.15, 0.2) is 5.78 Å². The van der Waals surface area contributed by atoms with Crippen LogP contribution in [0.15, 0.2) is 57.4 Å². The lowest BCUT2D eigenvalue weighted by Gasteiger charge is -2.15. The molecule has 1 aliphatic rings. The number of halogens is 2. The molecule has 0 fully saturated rings. The first kappa shape index (κ1) is 24.1. The Balaban J connectivity index is 2.82. The molecule has 0 spiro atoms. The van der Waals surface area contributed by atoms with Gasteiger partial charge in [-0.3, -0.25) is 19.6 Å². The maximum Gasteiger partial charge on any atom is 0.272 e. The molecule has 0 aromatic heterocycles. The summed E-state index contributed by atoms with van der Waals surface area (Å²) in [7, 11) is 0. The van der Waals surface area contributed by atoms with E-state index >= 15 is 0 Å². The normalized spacial score (nSPS) is 15.8. The summed E-state index contributed by atoms with van der Waals surface area (Å²) in [5, 5.41) is 0. The van der Waals surface area contributed by atoms with Crippen LogP contribution in [0.5, 0.6) is 0 Å². The lowest BCUT2D eigenvalue weighted by Crippen LogP contribution is -2.30. The smallest absolute Gasteiger partial charge is 0.272 e. The molecule has 1 aliphatic heterocycles. The Bertz CT molecular complexity index is 765. The lowest BCUT2D eigenvalue weighted by atomic mass is 9.98. The zero-order valence-electron chi connectivity index (χ0n) is 17.0. The Hall–Kier alpha value is -2.90. The Morgan fingerprint density at radius 2 is 2.07 bits per heavy atom. The van der Waals surface area contributed by atoms with E-state index in [9.17, 15) is 18.4 Å². The van der Waals surface area contributed by atoms with E-state index in [1.807, 2.05) is 0 Å². The van der Waals surface area contributed by atoms with Gasteiger partial charge in [-0.2, -0.15) is 0 Å². The fourth-order valence-electron chi connectivity index (χ4n) is 2.52. The molecular formula is C21H27F2N3O3. The average Bonchev–Trinajstić information content (AvgIpc) is 2.99. The fraction of sp³-hybridized carbons (Fsp3) is 0.429. The van der Waals surface area contributed by atoms with E-state index in [1.54, 1.807) is 20.8 Å². The number of Topliss-reactive ketones (excluding diaryl/α,β-unsaturated/α-hetero) is 1. The molecule has 0 aromatic rings. The second-order valence-corrected chi connectivity index (χ2v) is 6.62. The molecule has 0 N–H and O–H groups in total. The molecule has 1 heterocycles. The molecule has 1 amide bonds. The van der Waals surface area contributed by atoms with Crippen molar-refractivity contribution in [2.45, 2.75) is 27.2 Å². The largest absolute Gasteiger partial charge is 0.486 e. The van der Waals surface area contributed by atoms with Crippen molar-refractivity contribution in [1.82, 2.24) is 4.90 Å². The van der Waals surface area contributed by atoms with E-state index < -0.39 is 13.0 Å². The molecule has 0 unspecified atom stereocenters. The van der Waals surface area contributed by atoms with Crippen molar-refractivity contribution in [3.05, 3.63) is 47.4 Å². The Morgan fingerprint density at radius 3 is 2.62 bits per heavy atom. The van der Waals surface area contributed by atoms with Crippen molar-refractivity contribution >= 4 is 24.6 Å². The molecule has 0 radical (unpaired) electrons. The summed E-state index contributed by atoms with van der Waals surface area (Å²) in [6, 6.07) is 0. The predicted octanol–water partition coefficient (Wildman–Crippen LogP) is 3.38. The maximum absolute atomic E-state index is 12.6. The number of carbonyl (C=O) groups is 2. The van der Waals surface area contributed by atoms with Crippen molar-refractivity contribution in [3.63, 3.8) is 0 Å². The first-order valence-corrected chi connectivity index (χ1v) is 9.16. The summed E-state index contributed by atoms with van der Waals surface area (Å²) in [5.74, 6) is -0.420. The number of hydrogen-bond acceptors (Lipinski definition) is 5. The van der Waals surface area contributed by atoms with Crippen LogP contribution in [0.4, 0.5) is 8.78 Å². The van der Waals surface area contributed by atoms with E-state index in [-0.39, 0.29) is 43.0 Å². The highest BCUT2D eigenvalue weighted by Crippen LogP contribution is 2.23. The van der Waals surface area contributed by atoms with Gasteiger partial charge >= 0.3 is 0 Å². The minimum Gasteiger partial charge on any atom is -0.486 e. The van der Waals surface area contributed by atoms with Crippen molar-refractivity contribution in [2.75, 3.05) is 26.2 Å². The van der Waals surface area contributed by atoms with Crippen LogP contribution in [-0.4, -0.2) is 62.2 Å². The van der Waals surface area contributed by atoms with Crippen LogP contribution < -0.4 is 0 Å². The number of alkyl halides is 2. The highest BCUT2D eigenvalue weighted by Gasteiger charge is 2.32. The Kier molecular flexibility index (Phi) is 9.85. The molecule has 6 nitrogen and oxygen atoms in total. The number of aliphatic imine (C=N–C) groups is 2. The average molecular weight is 407 g/mol. The monoisotopic (exact) mass is 407 g/mol. The molecule has 1 rings (SSSR count). The van der Waals surface area contributed by atoms with Crippen LogP contribution in [0.3, 0.4) is 0 Å². The van der Waals surface area contributed by atoms with Crippen LogP contribution in [0.1, 0.15) is 20.8 Å². The highest BCUT2D eigenvalue weighted by atomic mass is 19.3. The molecular weight excluding hydrogens is 380 g/mol. The van der Waals surface area contributed by atoms with Crippen molar-refractivity contribution in [3.8, 4) is 0 Å². The second kappa shape index (κ2) is 11.8. The summed E-state index contributed by atoms with van der Waals surface area (Å²) in [4.78, 5) is 34.3. The van der Waals surface area contributed by atoms with Gasteiger partial charge in [0, 0.05) is 29.8 Å². The first-order valence-electron chi connectivity index (χ1n) is 9.16. The second-order valence-electron chi connectivity index (χ2n) is 6.62. The molecule has 29 heavy (non-hydrogen) atoms. The van der Waals surface area contributed by atoms with Gasteiger partial charge in [-0.05, 0) is 25.3 Å². The summed E-state index contributed by atoms with van der Waals surface area (Å²) < 4.78 is 29.8. The maximum atomic E-state index is 12.6. The van der Waals surface area contributed by atoms with E-state index in [0.29, 0.717) is 16.7 Å². The van der Waals surface area contributed by atoms with Crippen molar-refractivity contribution in [1.29, 1.82) is 0 Å². The highest BCUT2D eigenvalue weighted by molar-refractivity contribution is 6.11. The van der Waals surface area contributed by atoms with Gasteiger partial charge in [0.1, 0.15) is 12.4 Å². The molecule has 0 aliphatic carbocycles. The molecule has 0 aromatic carbocycles. The topological polar surface area (TPSA) is 71.3 Å². The Labute approximate surface area is 170 Å². The lowest BCUT2D eigenvalue weighted by molar-refractivity contribution is -0.125. The van der Waals surface area contributed by atoms with Gasteiger partial charge in [0.25, 0.3) is 12.3 Å². The number of hydrogen-bond donors (Lipinski definition) is 0. The number of amides is 1. The van der Waals surface area contributed by atoms with Gasteiger partial charge in [0.2, 0.25) is 0 Å². The fourth-order valence-corrected chi connectivity index (χ4v) is 2.52. The zero-order chi connectivity index (χ0) is 22.0. The summed E-state index contributed by atoms with van der Waals surface area (Å²) in [6.07, 6.45) is 3.09. The van der Waals surface area contributed by atoms with Crippen molar-refractivity contribution in [2.24, 2.45) is 15.9 Å². The molecule has 0 bridgehead atoms. The number of ketones is 1. The van der Waals surface area contributed by atoms with Crippen LogP contribution in [0.25, 0.3) is 0 Å². The number of rotatable bonds is 12. The van der Waals surface area contributed by atoms with Crippen LogP contribution >= 0.6 is 0 Å². The third-order valence-electron chi connectivity index (χ3n) is 4.13. The first-order chi connectivity index (χ1) is 13.7. The van der Waals surface area contributed by atoms with E-state index in [4.69, 9.17) is 4.74 Å². The molecule has 0 atom stereocenters. The third-order valence-corrected chi connectivity index (χ3v) is 4.13. The zero-order valence-corrected chi connectivity index (χ0v) is 17.0. The van der Waals surface area contributed by atoms with Gasteiger partial charge in [-0.25, -0.2) is 8.78 Å². The molecule has 0 saturated carbocycles. The van der Waals surface area contributed by atoms with Gasteiger partial charge in [-0.15, -0.1) is 0 Å². The number of ether oxygens (including phenoxy) is 1. The van der Waals surface area contributed by atoms with Crippen LogP contribution in [0.2, 0.25) is 0 Å². The summed E-state index contributed by atoms with van der Waals surface area (Å²) in [5.41, 5.74) is 1.32. The standard InChI is InChI=1S/C21H27F2N3O3/c1-6-15(4)18(29-13-19(22)23)11-25-9-10-26-12-17(20(27)14(2)3)16(21(26)28)7-8-24-5/h6-8,11,14,19H,1,5,9-10,12-13H2,2-4H3/b8-7-,18-15+,25-11?. The van der Waals surface area contributed by atoms with Gasteiger partial charge in [-0.1, -0.05) is 26.5 Å². The van der Waals surface area contributed by atoms with E-state index in [2.05, 4.69) is 23.3 Å². The Morgan fingerprint density at radius 1 is 1.38 bits per heavy atom. The summed E-state index contributed by atoms with van der Waals surface area (Å²) in [6.45, 7) is 12.1. The minimum absolute atomic E-state index is 0.0970. The predicted molar refractivity (Wildman–Crippen MR) is 110 cm³/mol. The molecule has 158 valence electrons. The summed E-state index contributed by atoms with van der Waals surface area (Å²) >= 11 is 0. The van der Waals surface area contributed by atoms with Gasteiger partial charge in [0.05, 0.1) is 19.3 Å². The number of carbonyl (C=O) groups excluding carboxylic acids is 2. The van der Waals surface area contributed by atoms with Crippen molar-refractivity contribution < 1.29 is 23.1 Å². The number of nitrogens with zero attached hydrogens (tertiary/aromatic N) is 3. The third kappa shape index (κ3) is 7.21. The number of allylic oxidation sites excluding steroid dienone is 3. The van der Waals surface area contributed by atoms with Crippen LogP contribution in [0, 0.1) is 5.92 Å².